The molecule has 0 spiro atoms. The Hall–Kier alpha value is -2.36. The molecular formula is C14H14N2O2. The number of nitroso groups, excluding NO2 is 1. The first-order chi connectivity index (χ1) is 8.72. The highest BCUT2D eigenvalue weighted by atomic mass is 16.5. The van der Waals surface area contributed by atoms with E-state index in [4.69, 9.17) is 4.74 Å². The van der Waals surface area contributed by atoms with Crippen molar-refractivity contribution in [3.05, 3.63) is 52.9 Å². The van der Waals surface area contributed by atoms with Crippen LogP contribution in [-0.2, 0) is 0 Å². The average Bonchev–Trinajstić information content (AvgIpc) is 2.41. The first kappa shape index (κ1) is 12.1. The largest absolute Gasteiger partial charge is 0.497 e. The maximum Gasteiger partial charge on any atom is 0.131 e. The van der Waals surface area contributed by atoms with Gasteiger partial charge in [-0.1, -0.05) is 17.7 Å². The van der Waals surface area contributed by atoms with E-state index in [0.717, 1.165) is 5.69 Å². The van der Waals surface area contributed by atoms with Gasteiger partial charge in [-0.15, -0.1) is 4.91 Å². The first-order valence-electron chi connectivity index (χ1n) is 5.58. The fourth-order valence-corrected chi connectivity index (χ4v) is 1.61. The molecule has 0 saturated heterocycles. The van der Waals surface area contributed by atoms with Crippen molar-refractivity contribution in [1.82, 2.24) is 0 Å². The summed E-state index contributed by atoms with van der Waals surface area (Å²) in [5, 5.41) is 6.14. The lowest BCUT2D eigenvalue weighted by Crippen LogP contribution is -1.92. The lowest BCUT2D eigenvalue weighted by Gasteiger charge is -2.10. The van der Waals surface area contributed by atoms with Crippen molar-refractivity contribution in [3.63, 3.8) is 0 Å². The molecule has 4 nitrogen and oxygen atoms in total. The maximum atomic E-state index is 10.7. The number of hydrogen-bond acceptors (Lipinski definition) is 4. The third-order valence-corrected chi connectivity index (χ3v) is 2.63. The number of aryl methyl sites for hydroxylation is 1. The van der Waals surface area contributed by atoms with Crippen LogP contribution in [0.25, 0.3) is 0 Å². The summed E-state index contributed by atoms with van der Waals surface area (Å²) in [5.74, 6) is 0.678. The summed E-state index contributed by atoms with van der Waals surface area (Å²) in [7, 11) is 1.58. The summed E-state index contributed by atoms with van der Waals surface area (Å²) in [6, 6.07) is 13.0. The summed E-state index contributed by atoms with van der Waals surface area (Å²) in [6.07, 6.45) is 0. The summed E-state index contributed by atoms with van der Waals surface area (Å²) >= 11 is 0. The highest BCUT2D eigenvalue weighted by Crippen LogP contribution is 2.31. The zero-order chi connectivity index (χ0) is 13.0. The molecule has 0 aromatic heterocycles. The van der Waals surface area contributed by atoms with E-state index in [1.54, 1.807) is 25.3 Å². The quantitative estimate of drug-likeness (QED) is 0.819. The van der Waals surface area contributed by atoms with Crippen molar-refractivity contribution < 1.29 is 4.74 Å². The number of nitrogens with one attached hydrogen (secondary N) is 1. The van der Waals surface area contributed by atoms with Gasteiger partial charge in [-0.25, -0.2) is 0 Å². The molecule has 0 unspecified atom stereocenters. The van der Waals surface area contributed by atoms with Crippen LogP contribution in [0.1, 0.15) is 5.56 Å². The van der Waals surface area contributed by atoms with E-state index < -0.39 is 0 Å². The summed E-state index contributed by atoms with van der Waals surface area (Å²) in [5.41, 5.74) is 3.07. The van der Waals surface area contributed by atoms with Crippen molar-refractivity contribution >= 4 is 17.1 Å². The Balaban J connectivity index is 2.31. The molecule has 0 radical (unpaired) electrons. The van der Waals surface area contributed by atoms with Gasteiger partial charge in [0.15, 0.2) is 0 Å². The number of ether oxygens (including phenoxy) is 1. The molecule has 1 N–H and O–H groups in total. The number of nitrogens with zero attached hydrogens (tertiary/aromatic N) is 1. The number of anilines is 2. The van der Waals surface area contributed by atoms with Crippen molar-refractivity contribution in [2.75, 3.05) is 12.4 Å². The van der Waals surface area contributed by atoms with Gasteiger partial charge in [0, 0.05) is 11.8 Å². The number of methoxy groups -OCH3 is 1. The van der Waals surface area contributed by atoms with E-state index >= 15 is 0 Å². The standard InChI is InChI=1S/C14H14N2O2/c1-10-3-5-11(6-4-10)15-14-9-12(18-2)7-8-13(14)16-17/h3-9,15H,1-2H3. The highest BCUT2D eigenvalue weighted by molar-refractivity contribution is 5.73. The second-order valence-corrected chi connectivity index (χ2v) is 3.97. The zero-order valence-electron chi connectivity index (χ0n) is 10.3. The van der Waals surface area contributed by atoms with E-state index in [1.807, 2.05) is 31.2 Å². The summed E-state index contributed by atoms with van der Waals surface area (Å²) in [4.78, 5) is 10.7. The van der Waals surface area contributed by atoms with Crippen LogP contribution in [0.2, 0.25) is 0 Å². The lowest BCUT2D eigenvalue weighted by molar-refractivity contribution is 0.415. The van der Waals surface area contributed by atoms with Gasteiger partial charge >= 0.3 is 0 Å². The van der Waals surface area contributed by atoms with Gasteiger partial charge in [-0.2, -0.15) is 0 Å². The van der Waals surface area contributed by atoms with Gasteiger partial charge in [0.25, 0.3) is 0 Å². The molecule has 0 aliphatic rings. The van der Waals surface area contributed by atoms with Gasteiger partial charge in [0.1, 0.15) is 11.4 Å². The van der Waals surface area contributed by atoms with Gasteiger partial charge in [-0.3, -0.25) is 0 Å². The fourth-order valence-electron chi connectivity index (χ4n) is 1.61. The van der Waals surface area contributed by atoms with E-state index in [0.29, 0.717) is 17.1 Å². The van der Waals surface area contributed by atoms with Gasteiger partial charge in [0.2, 0.25) is 0 Å². The SMILES string of the molecule is COc1ccc(N=O)c(Nc2ccc(C)cc2)c1. The number of hydrogen-bond donors (Lipinski definition) is 1. The highest BCUT2D eigenvalue weighted by Gasteiger charge is 2.05. The lowest BCUT2D eigenvalue weighted by atomic mass is 10.2. The third-order valence-electron chi connectivity index (χ3n) is 2.63. The maximum absolute atomic E-state index is 10.7. The van der Waals surface area contributed by atoms with E-state index in [-0.39, 0.29) is 0 Å². The smallest absolute Gasteiger partial charge is 0.131 e. The molecular weight excluding hydrogens is 228 g/mol. The molecule has 92 valence electrons. The van der Waals surface area contributed by atoms with Crippen molar-refractivity contribution in [3.8, 4) is 5.75 Å². The van der Waals surface area contributed by atoms with Crippen molar-refractivity contribution in [2.45, 2.75) is 6.92 Å². The topological polar surface area (TPSA) is 50.7 Å². The minimum absolute atomic E-state index is 0.358. The van der Waals surface area contributed by atoms with Crippen LogP contribution in [-0.4, -0.2) is 7.11 Å². The monoisotopic (exact) mass is 242 g/mol. The molecule has 0 atom stereocenters. The molecule has 2 aromatic carbocycles. The van der Waals surface area contributed by atoms with E-state index in [2.05, 4.69) is 10.5 Å². The Labute approximate surface area is 106 Å². The normalized spacial score (nSPS) is 9.89. The van der Waals surface area contributed by atoms with Crippen LogP contribution >= 0.6 is 0 Å². The molecule has 0 heterocycles. The van der Waals surface area contributed by atoms with Gasteiger partial charge in [-0.05, 0) is 36.4 Å². The number of rotatable bonds is 4. The summed E-state index contributed by atoms with van der Waals surface area (Å²) in [6.45, 7) is 2.02. The molecule has 0 bridgehead atoms. The Bertz CT molecular complexity index is 550. The van der Waals surface area contributed by atoms with Crippen LogP contribution in [0.5, 0.6) is 5.75 Å². The predicted octanol–water partition coefficient (Wildman–Crippen LogP) is 4.15. The zero-order valence-corrected chi connectivity index (χ0v) is 10.3. The minimum atomic E-state index is 0.358. The molecule has 0 saturated carbocycles. The van der Waals surface area contributed by atoms with Crippen LogP contribution in [0.15, 0.2) is 47.6 Å². The second kappa shape index (κ2) is 5.31. The minimum Gasteiger partial charge on any atom is -0.497 e. The van der Waals surface area contributed by atoms with E-state index in [9.17, 15) is 4.91 Å². The average molecular weight is 242 g/mol. The van der Waals surface area contributed by atoms with Gasteiger partial charge < -0.3 is 10.1 Å². The molecule has 2 aromatic rings. The van der Waals surface area contributed by atoms with Crippen LogP contribution < -0.4 is 10.1 Å². The van der Waals surface area contributed by atoms with Gasteiger partial charge in [0.05, 0.1) is 12.8 Å². The molecule has 0 fully saturated rings. The third kappa shape index (κ3) is 2.66. The van der Waals surface area contributed by atoms with Crippen molar-refractivity contribution in [1.29, 1.82) is 0 Å². The molecule has 18 heavy (non-hydrogen) atoms. The van der Waals surface area contributed by atoms with Crippen LogP contribution in [0, 0.1) is 11.8 Å². The Morgan fingerprint density at radius 2 is 1.83 bits per heavy atom. The second-order valence-electron chi connectivity index (χ2n) is 3.97. The van der Waals surface area contributed by atoms with Crippen molar-refractivity contribution in [2.24, 2.45) is 5.18 Å². The first-order valence-corrected chi connectivity index (χ1v) is 5.58. The van der Waals surface area contributed by atoms with Crippen LogP contribution in [0.3, 0.4) is 0 Å². The van der Waals surface area contributed by atoms with Crippen LogP contribution in [0.4, 0.5) is 17.1 Å². The molecule has 4 heteroatoms. The molecule has 0 aliphatic carbocycles. The summed E-state index contributed by atoms with van der Waals surface area (Å²) < 4.78 is 5.13. The number of benzene rings is 2. The molecule has 0 amide bonds. The Kier molecular flexibility index (Phi) is 3.57. The van der Waals surface area contributed by atoms with E-state index in [1.165, 1.54) is 5.56 Å². The Morgan fingerprint density at radius 1 is 1.11 bits per heavy atom. The molecule has 0 aliphatic heterocycles. The Morgan fingerprint density at radius 3 is 2.44 bits per heavy atom. The predicted molar refractivity (Wildman–Crippen MR) is 72.9 cm³/mol. The fraction of sp³-hybridized carbons (Fsp3) is 0.143. The molecule has 2 rings (SSSR count).